The summed E-state index contributed by atoms with van der Waals surface area (Å²) >= 11 is 0. The molecule has 1 unspecified atom stereocenters. The minimum Gasteiger partial charge on any atom is -0.465 e. The summed E-state index contributed by atoms with van der Waals surface area (Å²) in [6, 6.07) is 11.8. The average Bonchev–Trinajstić information content (AvgIpc) is 2.96. The number of benzene rings is 2. The number of methoxy groups -OCH3 is 1. The monoisotopic (exact) mass is 367 g/mol. The number of hydrogen-bond acceptors (Lipinski definition) is 6. The lowest BCUT2D eigenvalue weighted by Gasteiger charge is -2.20. The molecule has 2 amide bonds. The smallest absolute Gasteiger partial charge is 0.337 e. The van der Waals surface area contributed by atoms with E-state index in [4.69, 9.17) is 4.74 Å². The standard InChI is InChI=1S/C20H17NO6/c1-12(21-17(22)15-5-3-4-6-16(15)18(21)23)19(24)27-11-13-7-9-14(10-8-13)20(25)26-2/h3-10,12H,11H2,1-2H3. The van der Waals surface area contributed by atoms with Crippen LogP contribution in [0.15, 0.2) is 48.5 Å². The fraction of sp³-hybridized carbons (Fsp3) is 0.200. The van der Waals surface area contributed by atoms with Gasteiger partial charge >= 0.3 is 11.9 Å². The zero-order chi connectivity index (χ0) is 19.6. The molecule has 0 spiro atoms. The van der Waals surface area contributed by atoms with Crippen molar-refractivity contribution in [3.8, 4) is 0 Å². The Morgan fingerprint density at radius 1 is 0.963 bits per heavy atom. The minimum atomic E-state index is -1.05. The highest BCUT2D eigenvalue weighted by atomic mass is 16.5. The predicted molar refractivity (Wildman–Crippen MR) is 94.0 cm³/mol. The lowest BCUT2D eigenvalue weighted by molar-refractivity contribution is -0.149. The summed E-state index contributed by atoms with van der Waals surface area (Å²) in [5.41, 5.74) is 1.60. The van der Waals surface area contributed by atoms with E-state index in [9.17, 15) is 19.2 Å². The lowest BCUT2D eigenvalue weighted by Crippen LogP contribution is -2.43. The first-order valence-electron chi connectivity index (χ1n) is 8.25. The van der Waals surface area contributed by atoms with E-state index in [0.29, 0.717) is 11.1 Å². The summed E-state index contributed by atoms with van der Waals surface area (Å²) in [6.45, 7) is 1.40. The number of carbonyl (C=O) groups excluding carboxylic acids is 4. The first kappa shape index (κ1) is 18.3. The molecule has 0 fully saturated rings. The molecular weight excluding hydrogens is 350 g/mol. The van der Waals surface area contributed by atoms with Gasteiger partial charge in [-0.2, -0.15) is 0 Å². The van der Waals surface area contributed by atoms with Crippen molar-refractivity contribution in [1.29, 1.82) is 0 Å². The molecule has 0 aromatic heterocycles. The number of amides is 2. The molecule has 2 aromatic rings. The molecule has 0 aliphatic carbocycles. The van der Waals surface area contributed by atoms with Gasteiger partial charge in [-0.05, 0) is 36.8 Å². The van der Waals surface area contributed by atoms with Crippen LogP contribution in [0.2, 0.25) is 0 Å². The number of carbonyl (C=O) groups is 4. The summed E-state index contributed by atoms with van der Waals surface area (Å²) in [5.74, 6) is -2.18. The van der Waals surface area contributed by atoms with E-state index in [1.165, 1.54) is 14.0 Å². The van der Waals surface area contributed by atoms with E-state index in [2.05, 4.69) is 4.74 Å². The van der Waals surface area contributed by atoms with Crippen molar-refractivity contribution in [1.82, 2.24) is 4.90 Å². The number of ether oxygens (including phenoxy) is 2. The number of hydrogen-bond donors (Lipinski definition) is 0. The van der Waals surface area contributed by atoms with Crippen LogP contribution in [-0.4, -0.2) is 41.8 Å². The number of imide groups is 1. The van der Waals surface area contributed by atoms with E-state index in [1.807, 2.05) is 0 Å². The molecule has 7 nitrogen and oxygen atoms in total. The molecule has 27 heavy (non-hydrogen) atoms. The van der Waals surface area contributed by atoms with E-state index in [1.54, 1.807) is 48.5 Å². The first-order chi connectivity index (χ1) is 12.9. The van der Waals surface area contributed by atoms with Crippen LogP contribution in [-0.2, 0) is 20.9 Å². The molecule has 0 saturated heterocycles. The summed E-state index contributed by atoms with van der Waals surface area (Å²) in [6.07, 6.45) is 0. The largest absolute Gasteiger partial charge is 0.465 e. The second-order valence-electron chi connectivity index (χ2n) is 6.00. The second-order valence-corrected chi connectivity index (χ2v) is 6.00. The molecular formula is C20H17NO6. The number of esters is 2. The molecule has 0 bridgehead atoms. The van der Waals surface area contributed by atoms with Crippen LogP contribution in [0, 0.1) is 0 Å². The lowest BCUT2D eigenvalue weighted by atomic mass is 10.1. The summed E-state index contributed by atoms with van der Waals surface area (Å²) in [5, 5.41) is 0. The third-order valence-electron chi connectivity index (χ3n) is 4.31. The zero-order valence-electron chi connectivity index (χ0n) is 14.8. The van der Waals surface area contributed by atoms with Crippen LogP contribution in [0.1, 0.15) is 43.6 Å². The van der Waals surface area contributed by atoms with Crippen molar-refractivity contribution >= 4 is 23.8 Å². The van der Waals surface area contributed by atoms with Crippen molar-refractivity contribution < 1.29 is 28.7 Å². The van der Waals surface area contributed by atoms with E-state index in [-0.39, 0.29) is 17.7 Å². The minimum absolute atomic E-state index is 0.0478. The van der Waals surface area contributed by atoms with Gasteiger partial charge in [0.2, 0.25) is 0 Å². The Morgan fingerprint density at radius 3 is 2.04 bits per heavy atom. The number of fused-ring (bicyclic) bond motifs is 1. The summed E-state index contributed by atoms with van der Waals surface area (Å²) < 4.78 is 9.84. The second kappa shape index (κ2) is 7.41. The van der Waals surface area contributed by atoms with E-state index in [0.717, 1.165) is 4.90 Å². The van der Waals surface area contributed by atoms with Gasteiger partial charge in [-0.3, -0.25) is 14.5 Å². The maximum absolute atomic E-state index is 12.4. The maximum atomic E-state index is 12.4. The van der Waals surface area contributed by atoms with Crippen molar-refractivity contribution in [2.24, 2.45) is 0 Å². The quantitative estimate of drug-likeness (QED) is 0.594. The molecule has 7 heteroatoms. The molecule has 138 valence electrons. The van der Waals surface area contributed by atoms with Gasteiger partial charge in [0.25, 0.3) is 11.8 Å². The van der Waals surface area contributed by atoms with Gasteiger partial charge in [0.05, 0.1) is 23.8 Å². The molecule has 0 N–H and O–H groups in total. The predicted octanol–water partition coefficient (Wildman–Crippen LogP) is 2.20. The van der Waals surface area contributed by atoms with Crippen LogP contribution >= 0.6 is 0 Å². The molecule has 0 saturated carbocycles. The van der Waals surface area contributed by atoms with Crippen molar-refractivity contribution in [2.45, 2.75) is 19.6 Å². The third kappa shape index (κ3) is 3.44. The van der Waals surface area contributed by atoms with Gasteiger partial charge in [0, 0.05) is 0 Å². The van der Waals surface area contributed by atoms with Crippen LogP contribution in [0.25, 0.3) is 0 Å². The van der Waals surface area contributed by atoms with Crippen LogP contribution in [0.4, 0.5) is 0 Å². The number of rotatable bonds is 5. The Bertz CT molecular complexity index is 883. The Kier molecular flexibility index (Phi) is 5.03. The molecule has 1 atom stereocenters. The van der Waals surface area contributed by atoms with Crippen molar-refractivity contribution in [3.05, 3.63) is 70.8 Å². The average molecular weight is 367 g/mol. The molecule has 1 heterocycles. The first-order valence-corrected chi connectivity index (χ1v) is 8.25. The van der Waals surface area contributed by atoms with Gasteiger partial charge in [0.1, 0.15) is 12.6 Å². The third-order valence-corrected chi connectivity index (χ3v) is 4.31. The van der Waals surface area contributed by atoms with Crippen molar-refractivity contribution in [3.63, 3.8) is 0 Å². The molecule has 3 rings (SSSR count). The molecule has 0 radical (unpaired) electrons. The maximum Gasteiger partial charge on any atom is 0.337 e. The topological polar surface area (TPSA) is 90.0 Å². The Balaban J connectivity index is 1.64. The fourth-order valence-corrected chi connectivity index (χ4v) is 2.80. The molecule has 1 aliphatic heterocycles. The molecule has 2 aromatic carbocycles. The Morgan fingerprint density at radius 2 is 1.52 bits per heavy atom. The zero-order valence-corrected chi connectivity index (χ0v) is 14.8. The Labute approximate surface area is 155 Å². The highest BCUT2D eigenvalue weighted by Gasteiger charge is 2.41. The Hall–Kier alpha value is -3.48. The van der Waals surface area contributed by atoms with Crippen molar-refractivity contribution in [2.75, 3.05) is 7.11 Å². The van der Waals surface area contributed by atoms with Gasteiger partial charge < -0.3 is 9.47 Å². The van der Waals surface area contributed by atoms with Crippen LogP contribution in [0.5, 0.6) is 0 Å². The van der Waals surface area contributed by atoms with Crippen LogP contribution < -0.4 is 0 Å². The van der Waals surface area contributed by atoms with E-state index >= 15 is 0 Å². The van der Waals surface area contributed by atoms with Gasteiger partial charge in [-0.15, -0.1) is 0 Å². The molecule has 1 aliphatic rings. The highest BCUT2D eigenvalue weighted by molar-refractivity contribution is 6.22. The summed E-state index contributed by atoms with van der Waals surface area (Å²) in [7, 11) is 1.29. The van der Waals surface area contributed by atoms with Gasteiger partial charge in [-0.25, -0.2) is 9.59 Å². The fourth-order valence-electron chi connectivity index (χ4n) is 2.80. The van der Waals surface area contributed by atoms with Crippen LogP contribution in [0.3, 0.4) is 0 Å². The van der Waals surface area contributed by atoms with E-state index < -0.39 is 29.8 Å². The highest BCUT2D eigenvalue weighted by Crippen LogP contribution is 2.24. The summed E-state index contributed by atoms with van der Waals surface area (Å²) in [4.78, 5) is 49.5. The normalized spacial score (nSPS) is 13.9. The number of nitrogens with zero attached hydrogens (tertiary/aromatic N) is 1. The SMILES string of the molecule is COC(=O)c1ccc(COC(=O)C(C)N2C(=O)c3ccccc3C2=O)cc1. The van der Waals surface area contributed by atoms with Gasteiger partial charge in [-0.1, -0.05) is 24.3 Å². The van der Waals surface area contributed by atoms with Gasteiger partial charge in [0.15, 0.2) is 0 Å².